The molecule has 0 spiro atoms. The van der Waals surface area contributed by atoms with E-state index in [4.69, 9.17) is 4.74 Å². The van der Waals surface area contributed by atoms with Gasteiger partial charge in [0.25, 0.3) is 5.91 Å². The Kier molecular flexibility index (Phi) is 4.62. The van der Waals surface area contributed by atoms with Crippen molar-refractivity contribution in [3.63, 3.8) is 0 Å². The Morgan fingerprint density at radius 3 is 2.70 bits per heavy atom. The fraction of sp³-hybridized carbons (Fsp3) is 0.308. The van der Waals surface area contributed by atoms with Gasteiger partial charge in [-0.25, -0.2) is 9.37 Å². The lowest BCUT2D eigenvalue weighted by atomic mass is 10.2. The summed E-state index contributed by atoms with van der Waals surface area (Å²) in [6.07, 6.45) is -0.175. The first-order chi connectivity index (χ1) is 9.58. The number of anilines is 1. The lowest BCUT2D eigenvalue weighted by Gasteiger charge is -2.16. The van der Waals surface area contributed by atoms with Crippen LogP contribution < -0.4 is 10.1 Å². The van der Waals surface area contributed by atoms with Gasteiger partial charge in [-0.15, -0.1) is 0 Å². The number of amides is 1. The SMILES string of the molecule is CC[C@H](Oc1ccc(F)cc1)C(=O)Nc1nc(C)ns1. The van der Waals surface area contributed by atoms with Crippen molar-refractivity contribution >= 4 is 22.6 Å². The number of carbonyl (C=O) groups is 1. The summed E-state index contributed by atoms with van der Waals surface area (Å²) >= 11 is 1.12. The molecule has 0 saturated heterocycles. The van der Waals surface area contributed by atoms with E-state index in [1.165, 1.54) is 24.3 Å². The zero-order chi connectivity index (χ0) is 14.5. The molecular weight excluding hydrogens is 281 g/mol. The summed E-state index contributed by atoms with van der Waals surface area (Å²) < 4.78 is 22.3. The van der Waals surface area contributed by atoms with Crippen LogP contribution in [0.2, 0.25) is 0 Å². The number of nitrogens with one attached hydrogen (secondary N) is 1. The number of rotatable bonds is 5. The van der Waals surface area contributed by atoms with Crippen LogP contribution in [0.15, 0.2) is 24.3 Å². The summed E-state index contributed by atoms with van der Waals surface area (Å²) in [5, 5.41) is 3.09. The monoisotopic (exact) mass is 295 g/mol. The molecule has 20 heavy (non-hydrogen) atoms. The van der Waals surface area contributed by atoms with Gasteiger partial charge >= 0.3 is 0 Å². The van der Waals surface area contributed by atoms with Crippen molar-refractivity contribution in [1.82, 2.24) is 9.36 Å². The smallest absolute Gasteiger partial charge is 0.267 e. The number of halogens is 1. The van der Waals surface area contributed by atoms with Gasteiger partial charge in [-0.05, 0) is 37.6 Å². The van der Waals surface area contributed by atoms with Gasteiger partial charge in [0.15, 0.2) is 6.10 Å². The van der Waals surface area contributed by atoms with E-state index < -0.39 is 6.10 Å². The molecule has 1 atom stereocenters. The second-order valence-corrected chi connectivity index (χ2v) is 4.86. The van der Waals surface area contributed by atoms with E-state index in [0.29, 0.717) is 23.1 Å². The van der Waals surface area contributed by atoms with Gasteiger partial charge in [-0.3, -0.25) is 10.1 Å². The van der Waals surface area contributed by atoms with E-state index in [9.17, 15) is 9.18 Å². The van der Waals surface area contributed by atoms with Gasteiger partial charge in [-0.1, -0.05) is 6.92 Å². The molecule has 0 fully saturated rings. The zero-order valence-electron chi connectivity index (χ0n) is 11.1. The molecule has 1 heterocycles. The van der Waals surface area contributed by atoms with Crippen LogP contribution in [0, 0.1) is 12.7 Å². The highest BCUT2D eigenvalue weighted by Crippen LogP contribution is 2.16. The Labute approximate surface area is 120 Å². The molecular formula is C13H14FN3O2S. The first kappa shape index (κ1) is 14.4. The summed E-state index contributed by atoms with van der Waals surface area (Å²) in [5.41, 5.74) is 0. The lowest BCUT2D eigenvalue weighted by molar-refractivity contribution is -0.122. The minimum atomic E-state index is -0.662. The van der Waals surface area contributed by atoms with Crippen molar-refractivity contribution in [2.45, 2.75) is 26.4 Å². The van der Waals surface area contributed by atoms with Gasteiger partial charge in [-0.2, -0.15) is 4.37 Å². The molecule has 1 amide bonds. The zero-order valence-corrected chi connectivity index (χ0v) is 11.9. The van der Waals surface area contributed by atoms with Crippen LogP contribution in [0.25, 0.3) is 0 Å². The van der Waals surface area contributed by atoms with Crippen LogP contribution in [0.1, 0.15) is 19.2 Å². The molecule has 0 aliphatic carbocycles. The number of nitrogens with zero attached hydrogens (tertiary/aromatic N) is 2. The van der Waals surface area contributed by atoms with Gasteiger partial charge < -0.3 is 4.74 Å². The molecule has 5 nitrogen and oxygen atoms in total. The van der Waals surface area contributed by atoms with Gasteiger partial charge in [0.2, 0.25) is 5.13 Å². The second-order valence-electron chi connectivity index (χ2n) is 4.10. The Hall–Kier alpha value is -2.02. The molecule has 1 N–H and O–H groups in total. The minimum absolute atomic E-state index is 0.298. The third-order valence-corrected chi connectivity index (χ3v) is 3.23. The highest BCUT2D eigenvalue weighted by Gasteiger charge is 2.19. The number of hydrogen-bond donors (Lipinski definition) is 1. The number of aryl methyl sites for hydroxylation is 1. The highest BCUT2D eigenvalue weighted by molar-refractivity contribution is 7.09. The van der Waals surface area contributed by atoms with E-state index in [-0.39, 0.29) is 11.7 Å². The molecule has 7 heteroatoms. The molecule has 2 rings (SSSR count). The average Bonchev–Trinajstić information content (AvgIpc) is 2.83. The van der Waals surface area contributed by atoms with E-state index in [0.717, 1.165) is 11.5 Å². The topological polar surface area (TPSA) is 64.1 Å². The Balaban J connectivity index is 2.00. The number of carbonyl (C=O) groups excluding carboxylic acids is 1. The number of hydrogen-bond acceptors (Lipinski definition) is 5. The maximum atomic E-state index is 12.8. The van der Waals surface area contributed by atoms with Crippen LogP contribution in [-0.4, -0.2) is 21.4 Å². The van der Waals surface area contributed by atoms with E-state index >= 15 is 0 Å². The highest BCUT2D eigenvalue weighted by atomic mass is 32.1. The average molecular weight is 295 g/mol. The van der Waals surface area contributed by atoms with Crippen molar-refractivity contribution in [3.05, 3.63) is 35.9 Å². The van der Waals surface area contributed by atoms with Crippen molar-refractivity contribution in [1.29, 1.82) is 0 Å². The van der Waals surface area contributed by atoms with Crippen LogP contribution in [0.5, 0.6) is 5.75 Å². The molecule has 0 saturated carbocycles. The molecule has 1 aromatic heterocycles. The van der Waals surface area contributed by atoms with Crippen molar-refractivity contribution < 1.29 is 13.9 Å². The van der Waals surface area contributed by atoms with Crippen molar-refractivity contribution in [2.75, 3.05) is 5.32 Å². The number of benzene rings is 1. The molecule has 0 unspecified atom stereocenters. The van der Waals surface area contributed by atoms with E-state index in [1.807, 2.05) is 6.92 Å². The summed E-state index contributed by atoms with van der Waals surface area (Å²) in [6, 6.07) is 5.54. The molecule has 2 aromatic rings. The predicted molar refractivity (Wildman–Crippen MR) is 74.4 cm³/mol. The standard InChI is InChI=1S/C13H14FN3O2S/c1-3-11(19-10-6-4-9(14)5-7-10)12(18)16-13-15-8(2)17-20-13/h4-7,11H,3H2,1-2H3,(H,15,16,17,18)/t11-/m0/s1. The summed E-state index contributed by atoms with van der Waals surface area (Å²) in [6.45, 7) is 3.58. The van der Waals surface area contributed by atoms with Crippen LogP contribution >= 0.6 is 11.5 Å². The van der Waals surface area contributed by atoms with Crippen LogP contribution in [0.3, 0.4) is 0 Å². The maximum Gasteiger partial charge on any atom is 0.267 e. The molecule has 106 valence electrons. The Morgan fingerprint density at radius 1 is 1.45 bits per heavy atom. The first-order valence-corrected chi connectivity index (χ1v) is 6.89. The van der Waals surface area contributed by atoms with E-state index in [1.54, 1.807) is 6.92 Å². The first-order valence-electron chi connectivity index (χ1n) is 6.12. The summed E-state index contributed by atoms with van der Waals surface area (Å²) in [4.78, 5) is 16.1. The van der Waals surface area contributed by atoms with Gasteiger partial charge in [0.1, 0.15) is 17.4 Å². The summed E-state index contributed by atoms with van der Waals surface area (Å²) in [5.74, 6) is 0.409. The fourth-order valence-electron chi connectivity index (χ4n) is 1.53. The van der Waals surface area contributed by atoms with Gasteiger partial charge in [0, 0.05) is 11.5 Å². The molecule has 0 aliphatic rings. The third kappa shape index (κ3) is 3.74. The quantitative estimate of drug-likeness (QED) is 0.921. The van der Waals surface area contributed by atoms with Crippen molar-refractivity contribution in [3.8, 4) is 5.75 Å². The molecule has 1 aromatic carbocycles. The second kappa shape index (κ2) is 6.42. The Morgan fingerprint density at radius 2 is 2.15 bits per heavy atom. The predicted octanol–water partition coefficient (Wildman–Crippen LogP) is 2.78. The third-order valence-electron chi connectivity index (χ3n) is 2.51. The Bertz CT molecular complexity index is 586. The maximum absolute atomic E-state index is 12.8. The van der Waals surface area contributed by atoms with Crippen molar-refractivity contribution in [2.24, 2.45) is 0 Å². The fourth-order valence-corrected chi connectivity index (χ4v) is 2.11. The summed E-state index contributed by atoms with van der Waals surface area (Å²) in [7, 11) is 0. The van der Waals surface area contributed by atoms with Gasteiger partial charge in [0.05, 0.1) is 0 Å². The minimum Gasteiger partial charge on any atom is -0.481 e. The molecule has 0 radical (unpaired) electrons. The normalized spacial score (nSPS) is 11.9. The van der Waals surface area contributed by atoms with E-state index in [2.05, 4.69) is 14.7 Å². The number of aromatic nitrogens is 2. The van der Waals surface area contributed by atoms with Crippen LogP contribution in [-0.2, 0) is 4.79 Å². The van der Waals surface area contributed by atoms with Crippen LogP contribution in [0.4, 0.5) is 9.52 Å². The molecule has 0 aliphatic heterocycles. The lowest BCUT2D eigenvalue weighted by Crippen LogP contribution is -2.32. The number of ether oxygens (including phenoxy) is 1. The largest absolute Gasteiger partial charge is 0.481 e. The molecule has 0 bridgehead atoms.